The van der Waals surface area contributed by atoms with Crippen LogP contribution in [-0.4, -0.2) is 30.7 Å². The number of nitrogens with zero attached hydrogens (tertiary/aromatic N) is 4. The van der Waals surface area contributed by atoms with E-state index in [4.69, 9.17) is 0 Å². The van der Waals surface area contributed by atoms with E-state index in [-0.39, 0.29) is 11.2 Å². The zero-order valence-electron chi connectivity index (χ0n) is 14.8. The van der Waals surface area contributed by atoms with Gasteiger partial charge in [0.25, 0.3) is 5.78 Å². The highest BCUT2D eigenvalue weighted by atomic mass is 32.2. The Morgan fingerprint density at radius 2 is 1.92 bits per heavy atom. The SMILES string of the molecule is Cc1ccc(CNC(=O)[C@@H](C)Sc2nc3nc(C)cc(C)n3n2)cc1. The number of benzene rings is 1. The number of amides is 1. The molecule has 1 aromatic carbocycles. The topological polar surface area (TPSA) is 72.2 Å². The Hall–Kier alpha value is -2.41. The number of fused-ring (bicyclic) bond motifs is 1. The van der Waals surface area contributed by atoms with E-state index in [2.05, 4.69) is 20.4 Å². The summed E-state index contributed by atoms with van der Waals surface area (Å²) in [6.45, 7) is 8.30. The molecule has 7 heteroatoms. The second-order valence-electron chi connectivity index (χ2n) is 6.11. The molecule has 3 rings (SSSR count). The first-order chi connectivity index (χ1) is 11.9. The van der Waals surface area contributed by atoms with Crippen molar-refractivity contribution in [2.24, 2.45) is 0 Å². The Balaban J connectivity index is 1.63. The molecule has 130 valence electrons. The van der Waals surface area contributed by atoms with E-state index in [1.165, 1.54) is 17.3 Å². The highest BCUT2D eigenvalue weighted by molar-refractivity contribution is 8.00. The van der Waals surface area contributed by atoms with Gasteiger partial charge in [-0.3, -0.25) is 4.79 Å². The Kier molecular flexibility index (Phi) is 5.03. The Morgan fingerprint density at radius 3 is 2.64 bits per heavy atom. The van der Waals surface area contributed by atoms with Crippen LogP contribution < -0.4 is 5.32 Å². The maximum Gasteiger partial charge on any atom is 0.253 e. The van der Waals surface area contributed by atoms with Crippen LogP contribution in [0.1, 0.15) is 29.4 Å². The minimum absolute atomic E-state index is 0.0368. The van der Waals surface area contributed by atoms with E-state index >= 15 is 0 Å². The quantitative estimate of drug-likeness (QED) is 0.713. The second-order valence-corrected chi connectivity index (χ2v) is 7.42. The van der Waals surface area contributed by atoms with Crippen LogP contribution in [0, 0.1) is 20.8 Å². The monoisotopic (exact) mass is 355 g/mol. The van der Waals surface area contributed by atoms with Crippen molar-refractivity contribution in [1.29, 1.82) is 0 Å². The standard InChI is InChI=1S/C18H21N5OS/c1-11-5-7-15(8-6-11)10-19-16(24)14(4)25-18-21-17-20-12(2)9-13(3)23(17)22-18/h5-9,14H,10H2,1-4H3,(H,19,24)/t14-/m1/s1. The zero-order chi connectivity index (χ0) is 18.0. The van der Waals surface area contributed by atoms with E-state index in [0.29, 0.717) is 17.5 Å². The summed E-state index contributed by atoms with van der Waals surface area (Å²) in [4.78, 5) is 21.1. The van der Waals surface area contributed by atoms with Crippen molar-refractivity contribution < 1.29 is 4.79 Å². The molecule has 0 unspecified atom stereocenters. The fourth-order valence-electron chi connectivity index (χ4n) is 2.45. The molecule has 0 bridgehead atoms. The molecule has 0 radical (unpaired) electrons. The molecule has 0 saturated carbocycles. The summed E-state index contributed by atoms with van der Waals surface area (Å²) in [6.07, 6.45) is 0. The Labute approximate surface area is 151 Å². The molecule has 0 aliphatic rings. The number of carbonyl (C=O) groups is 1. The highest BCUT2D eigenvalue weighted by Crippen LogP contribution is 2.20. The first-order valence-electron chi connectivity index (χ1n) is 8.13. The molecule has 0 aliphatic carbocycles. The third-order valence-electron chi connectivity index (χ3n) is 3.84. The van der Waals surface area contributed by atoms with Gasteiger partial charge < -0.3 is 5.32 Å². The first kappa shape index (κ1) is 17.4. The van der Waals surface area contributed by atoms with Crippen LogP contribution in [0.5, 0.6) is 0 Å². The molecule has 2 aromatic heterocycles. The van der Waals surface area contributed by atoms with Crippen LogP contribution in [0.25, 0.3) is 5.78 Å². The van der Waals surface area contributed by atoms with Crippen molar-refractivity contribution in [1.82, 2.24) is 24.9 Å². The molecule has 25 heavy (non-hydrogen) atoms. The van der Waals surface area contributed by atoms with E-state index in [0.717, 1.165) is 17.0 Å². The van der Waals surface area contributed by atoms with Gasteiger partial charge in [0.1, 0.15) is 0 Å². The molecule has 1 amide bonds. The zero-order valence-corrected chi connectivity index (χ0v) is 15.6. The minimum Gasteiger partial charge on any atom is -0.351 e. The number of aryl methyl sites for hydroxylation is 3. The summed E-state index contributed by atoms with van der Waals surface area (Å²) >= 11 is 1.33. The van der Waals surface area contributed by atoms with Crippen molar-refractivity contribution >= 4 is 23.4 Å². The van der Waals surface area contributed by atoms with E-state index in [9.17, 15) is 4.79 Å². The van der Waals surface area contributed by atoms with Gasteiger partial charge in [0.15, 0.2) is 0 Å². The molecular weight excluding hydrogens is 334 g/mol. The molecule has 0 fully saturated rings. The largest absolute Gasteiger partial charge is 0.351 e. The Morgan fingerprint density at radius 1 is 1.20 bits per heavy atom. The number of carbonyl (C=O) groups excluding carboxylic acids is 1. The van der Waals surface area contributed by atoms with E-state index in [1.807, 2.05) is 58.0 Å². The first-order valence-corrected chi connectivity index (χ1v) is 9.01. The lowest BCUT2D eigenvalue weighted by Gasteiger charge is -2.10. The number of thioether (sulfide) groups is 1. The van der Waals surface area contributed by atoms with Crippen molar-refractivity contribution in [2.75, 3.05) is 0 Å². The van der Waals surface area contributed by atoms with Gasteiger partial charge in [-0.15, -0.1) is 5.10 Å². The summed E-state index contributed by atoms with van der Waals surface area (Å²) in [5.74, 6) is 0.526. The summed E-state index contributed by atoms with van der Waals surface area (Å²) < 4.78 is 1.70. The van der Waals surface area contributed by atoms with Crippen molar-refractivity contribution in [3.63, 3.8) is 0 Å². The second kappa shape index (κ2) is 7.23. The average molecular weight is 355 g/mol. The van der Waals surface area contributed by atoms with E-state index < -0.39 is 0 Å². The fraction of sp³-hybridized carbons (Fsp3) is 0.333. The van der Waals surface area contributed by atoms with Crippen LogP contribution in [0.4, 0.5) is 0 Å². The molecule has 0 aliphatic heterocycles. The Bertz CT molecular complexity index is 904. The van der Waals surface area contributed by atoms with Gasteiger partial charge in [-0.2, -0.15) is 4.98 Å². The number of nitrogens with one attached hydrogen (secondary N) is 1. The fourth-order valence-corrected chi connectivity index (χ4v) is 3.22. The number of aromatic nitrogens is 4. The average Bonchev–Trinajstić information content (AvgIpc) is 2.96. The van der Waals surface area contributed by atoms with Crippen LogP contribution >= 0.6 is 11.8 Å². The molecule has 3 aromatic rings. The van der Waals surface area contributed by atoms with Gasteiger partial charge in [-0.1, -0.05) is 41.6 Å². The summed E-state index contributed by atoms with van der Waals surface area (Å²) in [7, 11) is 0. The lowest BCUT2D eigenvalue weighted by Crippen LogP contribution is -2.30. The number of hydrogen-bond donors (Lipinski definition) is 1. The molecular formula is C18H21N5OS. The van der Waals surface area contributed by atoms with Crippen LogP contribution in [0.2, 0.25) is 0 Å². The van der Waals surface area contributed by atoms with Gasteiger partial charge in [0, 0.05) is 17.9 Å². The predicted molar refractivity (Wildman–Crippen MR) is 98.6 cm³/mol. The molecule has 0 saturated heterocycles. The maximum absolute atomic E-state index is 12.3. The van der Waals surface area contributed by atoms with Gasteiger partial charge in [-0.05, 0) is 39.3 Å². The highest BCUT2D eigenvalue weighted by Gasteiger charge is 2.18. The van der Waals surface area contributed by atoms with Crippen molar-refractivity contribution in [3.05, 3.63) is 52.8 Å². The maximum atomic E-state index is 12.3. The summed E-state index contributed by atoms with van der Waals surface area (Å²) in [6, 6.07) is 10.1. The lowest BCUT2D eigenvalue weighted by atomic mass is 10.1. The normalized spacial score (nSPS) is 12.3. The van der Waals surface area contributed by atoms with Crippen LogP contribution in [-0.2, 0) is 11.3 Å². The molecule has 2 heterocycles. The van der Waals surface area contributed by atoms with Gasteiger partial charge in [0.05, 0.1) is 5.25 Å². The van der Waals surface area contributed by atoms with Crippen molar-refractivity contribution in [3.8, 4) is 0 Å². The van der Waals surface area contributed by atoms with Gasteiger partial charge in [-0.25, -0.2) is 9.50 Å². The number of rotatable bonds is 5. The number of hydrogen-bond acceptors (Lipinski definition) is 5. The van der Waals surface area contributed by atoms with Crippen molar-refractivity contribution in [2.45, 2.75) is 44.6 Å². The predicted octanol–water partition coefficient (Wildman–Crippen LogP) is 2.85. The van der Waals surface area contributed by atoms with Gasteiger partial charge >= 0.3 is 0 Å². The summed E-state index contributed by atoms with van der Waals surface area (Å²) in [5, 5.41) is 7.65. The lowest BCUT2D eigenvalue weighted by molar-refractivity contribution is -0.120. The smallest absolute Gasteiger partial charge is 0.253 e. The van der Waals surface area contributed by atoms with Gasteiger partial charge in [0.2, 0.25) is 11.1 Å². The molecule has 6 nitrogen and oxygen atoms in total. The molecule has 0 spiro atoms. The third-order valence-corrected chi connectivity index (χ3v) is 4.79. The summed E-state index contributed by atoms with van der Waals surface area (Å²) in [5.41, 5.74) is 4.16. The molecule has 1 N–H and O–H groups in total. The van der Waals surface area contributed by atoms with Crippen LogP contribution in [0.3, 0.4) is 0 Å². The van der Waals surface area contributed by atoms with Crippen LogP contribution in [0.15, 0.2) is 35.5 Å². The minimum atomic E-state index is -0.288. The van der Waals surface area contributed by atoms with E-state index in [1.54, 1.807) is 4.52 Å². The molecule has 1 atom stereocenters. The third kappa shape index (κ3) is 4.17.